The zero-order chi connectivity index (χ0) is 54.5. The van der Waals surface area contributed by atoms with E-state index in [1.165, 1.54) is 0 Å². The van der Waals surface area contributed by atoms with Crippen LogP contribution < -0.4 is 47.7 Å². The molecule has 394 valence electrons. The van der Waals surface area contributed by atoms with Gasteiger partial charge in [-0.25, -0.2) is 14.4 Å². The summed E-state index contributed by atoms with van der Waals surface area (Å²) in [6, 6.07) is -9.71. The van der Waals surface area contributed by atoms with Crippen LogP contribution in [0.15, 0.2) is 24.3 Å². The van der Waals surface area contributed by atoms with Crippen molar-refractivity contribution >= 4 is 102 Å². The molecule has 0 aliphatic carbocycles. The minimum Gasteiger partial charge on any atom is -0.481 e. The number of thiol groups is 2. The van der Waals surface area contributed by atoms with Crippen molar-refractivity contribution in [1.29, 1.82) is 0 Å². The largest absolute Gasteiger partial charge is 0.481 e. The summed E-state index contributed by atoms with van der Waals surface area (Å²) in [7, 11) is 0. The number of carboxylic acids is 6. The lowest BCUT2D eigenvalue weighted by atomic mass is 10.00. The van der Waals surface area contributed by atoms with Gasteiger partial charge in [-0.3, -0.25) is 47.9 Å². The van der Waals surface area contributed by atoms with Crippen LogP contribution in [-0.2, 0) is 68.7 Å². The molecule has 0 saturated carbocycles. The summed E-state index contributed by atoms with van der Waals surface area (Å²) in [6.45, 7) is 4.30. The second-order valence-corrected chi connectivity index (χ2v) is 16.6. The van der Waals surface area contributed by atoms with Crippen LogP contribution in [0.5, 0.6) is 5.75 Å². The molecule has 0 spiro atoms. The van der Waals surface area contributed by atoms with Crippen LogP contribution >= 0.6 is 25.3 Å². The molecule has 0 radical (unpaired) electrons. The van der Waals surface area contributed by atoms with Gasteiger partial charge in [0.2, 0.25) is 41.4 Å². The highest BCUT2D eigenvalue weighted by atomic mass is 32.1. The Morgan fingerprint density at radius 2 is 0.986 bits per heavy atom. The lowest BCUT2D eigenvalue weighted by Gasteiger charge is -2.27. The number of hydrogen-bond donors (Lipinski definition) is 16. The molecule has 0 bridgehead atoms. The molecule has 28 nitrogen and oxygen atoms in total. The van der Waals surface area contributed by atoms with Gasteiger partial charge in [0.15, 0.2) is 0 Å². The molecular formula is C40H55FN8O20S2. The highest BCUT2D eigenvalue weighted by Gasteiger charge is 2.51. The number of carboxylic acid groups (broad SMARTS) is 6. The number of nitrogens with two attached hydrogens (primary N) is 1. The van der Waals surface area contributed by atoms with E-state index in [9.17, 15) is 87.1 Å². The van der Waals surface area contributed by atoms with Gasteiger partial charge in [0.25, 0.3) is 0 Å². The van der Waals surface area contributed by atoms with Crippen LogP contribution in [0, 0.1) is 5.92 Å². The van der Waals surface area contributed by atoms with E-state index in [1.807, 2.05) is 5.32 Å². The number of carbonyl (C=O) groups is 13. The number of rotatable bonds is 32. The predicted octanol–water partition coefficient (Wildman–Crippen LogP) is -4.01. The molecule has 0 aliphatic rings. The minimum atomic E-state index is -4.24. The quantitative estimate of drug-likeness (QED) is 0.0241. The molecule has 0 aliphatic heterocycles. The smallest absolute Gasteiger partial charge is 0.443 e. The highest BCUT2D eigenvalue weighted by Crippen LogP contribution is 2.22. The van der Waals surface area contributed by atoms with Crippen molar-refractivity contribution in [3.63, 3.8) is 0 Å². The van der Waals surface area contributed by atoms with E-state index >= 15 is 0 Å². The lowest BCUT2D eigenvalue weighted by Crippen LogP contribution is -2.60. The number of hydrogen-bond acceptors (Lipinski definition) is 17. The monoisotopic (exact) mass is 1050 g/mol. The Hall–Kier alpha value is -7.28. The summed E-state index contributed by atoms with van der Waals surface area (Å²) in [6.07, 6.45) is -4.54. The molecule has 1 aromatic rings. The van der Waals surface area contributed by atoms with Gasteiger partial charge >= 0.3 is 41.7 Å². The minimum absolute atomic E-state index is 0.0354. The van der Waals surface area contributed by atoms with Crippen LogP contribution in [0.1, 0.15) is 58.4 Å². The molecular weight excluding hydrogens is 996 g/mol. The second-order valence-electron chi connectivity index (χ2n) is 15.8. The Bertz CT molecular complexity index is 2150. The summed E-state index contributed by atoms with van der Waals surface area (Å²) in [5, 5.41) is 71.1. The van der Waals surface area contributed by atoms with Crippen LogP contribution in [0.3, 0.4) is 0 Å². The summed E-state index contributed by atoms with van der Waals surface area (Å²) in [5.41, 5.74) is 5.60. The molecule has 31 heteroatoms. The first-order valence-corrected chi connectivity index (χ1v) is 22.1. The van der Waals surface area contributed by atoms with E-state index in [-0.39, 0.29) is 29.4 Å². The zero-order valence-corrected chi connectivity index (χ0v) is 39.7. The fourth-order valence-electron chi connectivity index (χ4n) is 5.80. The van der Waals surface area contributed by atoms with Crippen molar-refractivity contribution in [1.82, 2.24) is 37.2 Å². The Morgan fingerprint density at radius 1 is 0.563 bits per heavy atom. The van der Waals surface area contributed by atoms with Crippen LogP contribution in [0.2, 0.25) is 0 Å². The fraction of sp³-hybridized carbons (Fsp3) is 0.525. The average Bonchev–Trinajstić information content (AvgIpc) is 3.27. The Balaban J connectivity index is 3.64. The molecule has 71 heavy (non-hydrogen) atoms. The molecule has 1 rings (SSSR count). The standard InChI is InChI=1S/C40H55FN8O20S2/c1-16(2)10-22(34(60)49-26(15-71)37(63)64)47-35(61)23(11-18-4-6-19(7-5-18)69-40(41,38(65)66)39(67)68)48-32(58)21(8-9-27(50)51)44-36(62)25(13-29(54)55)45-30(56)17(3)43-33(59)24(12-28(52)53)46-31(57)20(42)14-70/h4-7,16-17,20-26,70-71H,8-15,42H2,1-3H3,(H,43,59)(H,44,62)(H,45,56)(H,46,57)(H,47,61)(H,48,58)(H,49,60)(H,50,51)(H,52,53)(H,54,55)(H,63,64)(H,65,66)(H,67,68)/t17-,20-,21-,22-,23-,24-,25-,26-/m0/s1. The predicted molar refractivity (Wildman–Crippen MR) is 243 cm³/mol. The molecule has 0 aromatic heterocycles. The maximum Gasteiger partial charge on any atom is 0.443 e. The molecule has 0 unspecified atom stereocenters. The number of ether oxygens (including phenoxy) is 1. The van der Waals surface area contributed by atoms with Gasteiger partial charge < -0.3 is 78.3 Å². The van der Waals surface area contributed by atoms with Crippen LogP contribution in [0.25, 0.3) is 0 Å². The third-order valence-electron chi connectivity index (χ3n) is 9.53. The van der Waals surface area contributed by atoms with Crippen molar-refractivity contribution in [2.45, 2.75) is 113 Å². The second kappa shape index (κ2) is 29.0. The number of aliphatic carboxylic acids is 6. The van der Waals surface area contributed by atoms with Crippen molar-refractivity contribution in [3.05, 3.63) is 29.8 Å². The van der Waals surface area contributed by atoms with Gasteiger partial charge in [0.1, 0.15) is 48.0 Å². The third-order valence-corrected chi connectivity index (χ3v) is 10.3. The maximum absolute atomic E-state index is 14.6. The fourth-order valence-corrected chi connectivity index (χ4v) is 6.21. The molecule has 7 amide bonds. The number of benzene rings is 1. The SMILES string of the molecule is CC(C)C[C@H](NC(=O)[C@H](Cc1ccc(OC(F)(C(=O)O)C(=O)O)cc1)NC(=O)[C@H](CCC(=O)O)NC(=O)[C@H](CC(=O)O)NC(=O)[C@H](C)NC(=O)[C@H](CC(=O)O)NC(=O)[C@@H](N)CS)C(=O)N[C@@H](CS)C(=O)O. The van der Waals surface area contributed by atoms with E-state index in [0.29, 0.717) is 0 Å². The van der Waals surface area contributed by atoms with Crippen molar-refractivity contribution in [2.75, 3.05) is 11.5 Å². The molecule has 0 saturated heterocycles. The Kier molecular flexibility index (Phi) is 25.2. The maximum atomic E-state index is 14.6. The van der Waals surface area contributed by atoms with E-state index in [2.05, 4.69) is 61.9 Å². The van der Waals surface area contributed by atoms with Gasteiger partial charge in [0.05, 0.1) is 18.9 Å². The van der Waals surface area contributed by atoms with Crippen LogP contribution in [0.4, 0.5) is 4.39 Å². The van der Waals surface area contributed by atoms with E-state index in [4.69, 9.17) is 15.9 Å². The first-order valence-electron chi connectivity index (χ1n) is 20.9. The first-order chi connectivity index (χ1) is 32.9. The third kappa shape index (κ3) is 21.1. The number of alkyl halides is 1. The molecule has 8 atom stereocenters. The van der Waals surface area contributed by atoms with Crippen molar-refractivity contribution < 1.29 is 102 Å². The van der Waals surface area contributed by atoms with E-state index < -0.39 is 169 Å². The van der Waals surface area contributed by atoms with Gasteiger partial charge in [0, 0.05) is 24.3 Å². The Labute approximate surface area is 412 Å². The zero-order valence-electron chi connectivity index (χ0n) is 37.9. The Morgan fingerprint density at radius 3 is 1.44 bits per heavy atom. The topological polar surface area (TPSA) is 463 Å². The van der Waals surface area contributed by atoms with Gasteiger partial charge in [-0.2, -0.15) is 29.6 Å². The summed E-state index contributed by atoms with van der Waals surface area (Å²) in [4.78, 5) is 163. The van der Waals surface area contributed by atoms with Crippen LogP contribution in [-0.4, -0.2) is 174 Å². The summed E-state index contributed by atoms with van der Waals surface area (Å²) < 4.78 is 19.1. The number of halogens is 1. The lowest BCUT2D eigenvalue weighted by molar-refractivity contribution is -0.191. The van der Waals surface area contributed by atoms with Crippen molar-refractivity contribution in [3.8, 4) is 5.75 Å². The summed E-state index contributed by atoms with van der Waals surface area (Å²) in [5.74, 6) is -25.5. The highest BCUT2D eigenvalue weighted by molar-refractivity contribution is 7.80. The average molecular weight is 1050 g/mol. The number of nitrogens with one attached hydrogen (secondary N) is 7. The number of amides is 7. The summed E-state index contributed by atoms with van der Waals surface area (Å²) >= 11 is 7.75. The number of carbonyl (C=O) groups excluding carboxylic acids is 7. The molecule has 15 N–H and O–H groups in total. The molecule has 0 fully saturated rings. The normalized spacial score (nSPS) is 14.5. The van der Waals surface area contributed by atoms with Crippen molar-refractivity contribution in [2.24, 2.45) is 11.7 Å². The van der Waals surface area contributed by atoms with Gasteiger partial charge in [-0.05, 0) is 43.4 Å². The van der Waals surface area contributed by atoms with E-state index in [1.54, 1.807) is 13.8 Å². The first kappa shape index (κ1) is 61.7. The molecule has 0 heterocycles. The van der Waals surface area contributed by atoms with Gasteiger partial charge in [-0.15, -0.1) is 0 Å². The molecule has 1 aromatic carbocycles. The van der Waals surface area contributed by atoms with E-state index in [0.717, 1.165) is 31.2 Å². The van der Waals surface area contributed by atoms with Gasteiger partial charge in [-0.1, -0.05) is 26.0 Å².